The number of methoxy groups -OCH3 is 1. The van der Waals surface area contributed by atoms with Crippen LogP contribution in [-0.4, -0.2) is 54.4 Å². The van der Waals surface area contributed by atoms with E-state index in [4.69, 9.17) is 4.74 Å². The van der Waals surface area contributed by atoms with E-state index in [-0.39, 0.29) is 23.8 Å². The second kappa shape index (κ2) is 5.91. The van der Waals surface area contributed by atoms with Gasteiger partial charge in [-0.3, -0.25) is 14.4 Å². The van der Waals surface area contributed by atoms with Crippen molar-refractivity contribution >= 4 is 17.7 Å². The van der Waals surface area contributed by atoms with Crippen LogP contribution in [0.5, 0.6) is 5.75 Å². The van der Waals surface area contributed by atoms with Crippen molar-refractivity contribution in [2.24, 2.45) is 0 Å². The molecule has 7 heteroatoms. The van der Waals surface area contributed by atoms with Crippen LogP contribution in [0.2, 0.25) is 0 Å². The number of benzene rings is 1. The number of nitrogens with one attached hydrogen (secondary N) is 2. The van der Waals surface area contributed by atoms with Gasteiger partial charge in [-0.2, -0.15) is 0 Å². The van der Waals surface area contributed by atoms with Crippen molar-refractivity contribution in [3.63, 3.8) is 0 Å². The number of rotatable bonds is 3. The quantitative estimate of drug-likeness (QED) is 0.816. The van der Waals surface area contributed by atoms with Crippen molar-refractivity contribution in [2.45, 2.75) is 31.5 Å². The number of fused-ring (bicyclic) bond motifs is 1. The average molecular weight is 317 g/mol. The van der Waals surface area contributed by atoms with Crippen LogP contribution < -0.4 is 15.4 Å². The van der Waals surface area contributed by atoms with Gasteiger partial charge in [-0.05, 0) is 37.6 Å². The monoisotopic (exact) mass is 317 g/mol. The second-order valence-electron chi connectivity index (χ2n) is 5.87. The first kappa shape index (κ1) is 15.3. The minimum absolute atomic E-state index is 0.101. The SMILES string of the molecule is COc1ccc(C(=O)N[C@H]2C[C@H]3C(=O)N[C@H](C)C(=O)N3C2)cc1. The van der Waals surface area contributed by atoms with E-state index < -0.39 is 12.1 Å². The molecule has 0 unspecified atom stereocenters. The van der Waals surface area contributed by atoms with E-state index in [0.717, 1.165) is 0 Å². The first-order valence-corrected chi connectivity index (χ1v) is 7.55. The molecule has 0 bridgehead atoms. The number of amides is 3. The van der Waals surface area contributed by atoms with Gasteiger partial charge in [-0.25, -0.2) is 0 Å². The van der Waals surface area contributed by atoms with E-state index in [2.05, 4.69) is 10.6 Å². The van der Waals surface area contributed by atoms with Crippen molar-refractivity contribution in [3.8, 4) is 5.75 Å². The van der Waals surface area contributed by atoms with Gasteiger partial charge < -0.3 is 20.3 Å². The lowest BCUT2D eigenvalue weighted by Gasteiger charge is -2.32. The summed E-state index contributed by atoms with van der Waals surface area (Å²) in [6, 6.07) is 5.56. The molecule has 2 fully saturated rings. The molecule has 0 spiro atoms. The molecule has 2 saturated heterocycles. The summed E-state index contributed by atoms with van der Waals surface area (Å²) in [5.41, 5.74) is 0.514. The number of carbonyl (C=O) groups excluding carboxylic acids is 3. The number of hydrogen-bond acceptors (Lipinski definition) is 4. The molecule has 7 nitrogen and oxygen atoms in total. The normalized spacial score (nSPS) is 26.5. The van der Waals surface area contributed by atoms with Gasteiger partial charge in [0.2, 0.25) is 11.8 Å². The fraction of sp³-hybridized carbons (Fsp3) is 0.438. The molecule has 3 amide bonds. The van der Waals surface area contributed by atoms with Crippen LogP contribution in [0.25, 0.3) is 0 Å². The van der Waals surface area contributed by atoms with Crippen LogP contribution in [-0.2, 0) is 9.59 Å². The molecule has 0 radical (unpaired) electrons. The average Bonchev–Trinajstić information content (AvgIpc) is 2.97. The number of ether oxygens (including phenoxy) is 1. The molecule has 3 rings (SSSR count). The van der Waals surface area contributed by atoms with Gasteiger partial charge in [0.25, 0.3) is 5.91 Å². The predicted octanol–water partition coefficient (Wildman–Crippen LogP) is -0.0872. The van der Waals surface area contributed by atoms with Crippen LogP contribution in [0.1, 0.15) is 23.7 Å². The smallest absolute Gasteiger partial charge is 0.251 e. The zero-order valence-corrected chi connectivity index (χ0v) is 13.0. The topological polar surface area (TPSA) is 87.7 Å². The summed E-state index contributed by atoms with van der Waals surface area (Å²) in [6.45, 7) is 2.03. The van der Waals surface area contributed by atoms with Crippen LogP contribution in [0, 0.1) is 0 Å². The van der Waals surface area contributed by atoms with Crippen molar-refractivity contribution in [2.75, 3.05) is 13.7 Å². The van der Waals surface area contributed by atoms with Gasteiger partial charge in [-0.1, -0.05) is 0 Å². The first-order chi connectivity index (χ1) is 11.0. The molecule has 2 heterocycles. The summed E-state index contributed by atoms with van der Waals surface area (Å²) in [7, 11) is 1.56. The highest BCUT2D eigenvalue weighted by molar-refractivity contribution is 5.98. The Morgan fingerprint density at radius 3 is 2.65 bits per heavy atom. The molecular weight excluding hydrogens is 298 g/mol. The lowest BCUT2D eigenvalue weighted by atomic mass is 10.1. The number of piperazine rings is 1. The van der Waals surface area contributed by atoms with E-state index in [1.165, 1.54) is 0 Å². The maximum Gasteiger partial charge on any atom is 0.251 e. The minimum Gasteiger partial charge on any atom is -0.497 e. The van der Waals surface area contributed by atoms with Crippen molar-refractivity contribution in [1.82, 2.24) is 15.5 Å². The summed E-state index contributed by atoms with van der Waals surface area (Å²) in [5, 5.41) is 5.55. The standard InChI is InChI=1S/C16H19N3O4/c1-9-16(22)19-8-11(7-13(19)15(21)17-9)18-14(20)10-3-5-12(23-2)6-4-10/h3-6,9,11,13H,7-8H2,1-2H3,(H,17,21)(H,18,20)/t9-,11+,13+/m1/s1. The van der Waals surface area contributed by atoms with Gasteiger partial charge in [0.05, 0.1) is 7.11 Å². The first-order valence-electron chi connectivity index (χ1n) is 7.55. The van der Waals surface area contributed by atoms with E-state index in [0.29, 0.717) is 24.3 Å². The molecule has 2 aliphatic rings. The summed E-state index contributed by atoms with van der Waals surface area (Å²) in [4.78, 5) is 37.9. The minimum atomic E-state index is -0.505. The molecule has 2 aliphatic heterocycles. The van der Waals surface area contributed by atoms with E-state index in [1.54, 1.807) is 43.2 Å². The molecule has 23 heavy (non-hydrogen) atoms. The lowest BCUT2D eigenvalue weighted by Crippen LogP contribution is -2.60. The highest BCUT2D eigenvalue weighted by Gasteiger charge is 2.45. The zero-order chi connectivity index (χ0) is 16.6. The third-order valence-electron chi connectivity index (χ3n) is 4.30. The third kappa shape index (κ3) is 2.86. The molecule has 0 saturated carbocycles. The number of nitrogens with zero attached hydrogens (tertiary/aromatic N) is 1. The third-order valence-corrected chi connectivity index (χ3v) is 4.30. The summed E-state index contributed by atoms with van der Waals surface area (Å²) < 4.78 is 5.06. The van der Waals surface area contributed by atoms with E-state index >= 15 is 0 Å². The Morgan fingerprint density at radius 1 is 1.30 bits per heavy atom. The van der Waals surface area contributed by atoms with Gasteiger partial charge in [-0.15, -0.1) is 0 Å². The summed E-state index contributed by atoms with van der Waals surface area (Å²) in [6.07, 6.45) is 0.437. The molecule has 122 valence electrons. The Kier molecular flexibility index (Phi) is 3.94. The zero-order valence-electron chi connectivity index (χ0n) is 13.0. The molecule has 3 atom stereocenters. The Balaban J connectivity index is 1.66. The molecule has 1 aromatic carbocycles. The van der Waals surface area contributed by atoms with Gasteiger partial charge in [0, 0.05) is 18.2 Å². The number of carbonyl (C=O) groups is 3. The molecule has 0 aromatic heterocycles. The van der Waals surface area contributed by atoms with Crippen LogP contribution in [0.3, 0.4) is 0 Å². The van der Waals surface area contributed by atoms with Crippen LogP contribution >= 0.6 is 0 Å². The van der Waals surface area contributed by atoms with Crippen molar-refractivity contribution < 1.29 is 19.1 Å². The molecule has 0 aliphatic carbocycles. The van der Waals surface area contributed by atoms with Gasteiger partial charge >= 0.3 is 0 Å². The fourth-order valence-corrected chi connectivity index (χ4v) is 3.06. The highest BCUT2D eigenvalue weighted by Crippen LogP contribution is 2.23. The summed E-state index contributed by atoms with van der Waals surface area (Å²) >= 11 is 0. The second-order valence-corrected chi connectivity index (χ2v) is 5.87. The van der Waals surface area contributed by atoms with Crippen molar-refractivity contribution in [3.05, 3.63) is 29.8 Å². The fourth-order valence-electron chi connectivity index (χ4n) is 3.06. The largest absolute Gasteiger partial charge is 0.497 e. The Hall–Kier alpha value is -2.57. The van der Waals surface area contributed by atoms with Gasteiger partial charge in [0.1, 0.15) is 17.8 Å². The number of hydrogen-bond donors (Lipinski definition) is 2. The van der Waals surface area contributed by atoms with E-state index in [1.807, 2.05) is 0 Å². The lowest BCUT2D eigenvalue weighted by molar-refractivity contribution is -0.146. The molecular formula is C16H19N3O4. The highest BCUT2D eigenvalue weighted by atomic mass is 16.5. The van der Waals surface area contributed by atoms with E-state index in [9.17, 15) is 14.4 Å². The maximum atomic E-state index is 12.3. The van der Waals surface area contributed by atoms with Crippen molar-refractivity contribution in [1.29, 1.82) is 0 Å². The molecule has 2 N–H and O–H groups in total. The van der Waals surface area contributed by atoms with Gasteiger partial charge in [0.15, 0.2) is 0 Å². The predicted molar refractivity (Wildman–Crippen MR) is 82.0 cm³/mol. The Morgan fingerprint density at radius 2 is 2.00 bits per heavy atom. The Bertz CT molecular complexity index is 643. The summed E-state index contributed by atoms with van der Waals surface area (Å²) in [5.74, 6) is 0.198. The van der Waals surface area contributed by atoms with Crippen LogP contribution in [0.4, 0.5) is 0 Å². The molecule has 1 aromatic rings. The maximum absolute atomic E-state index is 12.3. The van der Waals surface area contributed by atoms with Crippen LogP contribution in [0.15, 0.2) is 24.3 Å². The Labute approximate surface area is 134 Å².